The molecule has 4 amide bonds. The van der Waals surface area contributed by atoms with Crippen molar-refractivity contribution in [3.05, 3.63) is 102 Å². The summed E-state index contributed by atoms with van der Waals surface area (Å²) in [6.07, 6.45) is 2.35. The third-order valence-corrected chi connectivity index (χ3v) is 8.96. The van der Waals surface area contributed by atoms with Crippen LogP contribution in [0.1, 0.15) is 30.0 Å². The van der Waals surface area contributed by atoms with Crippen LogP contribution in [0.2, 0.25) is 0 Å². The SMILES string of the molecule is C[C@H](/C=C/CC(=O)N(CCO)Cc1ccccc1)[C@@]1(O)C(=O)N(Cc2cccc(N3CCOC3=O)c2)c2ccc(N3CCOC3=O)cc21. The molecule has 0 bridgehead atoms. The Balaban J connectivity index is 1.26. The Kier molecular flexibility index (Phi) is 9.47. The third-order valence-electron chi connectivity index (χ3n) is 8.96. The van der Waals surface area contributed by atoms with Gasteiger partial charge in [0.25, 0.3) is 5.91 Å². The summed E-state index contributed by atoms with van der Waals surface area (Å²) in [7, 11) is 0. The van der Waals surface area contributed by atoms with Crippen LogP contribution in [0.4, 0.5) is 26.7 Å². The van der Waals surface area contributed by atoms with Crippen LogP contribution in [-0.2, 0) is 37.8 Å². The van der Waals surface area contributed by atoms with Gasteiger partial charge in [-0.15, -0.1) is 0 Å². The number of nitrogens with zero attached hydrogens (tertiary/aromatic N) is 4. The van der Waals surface area contributed by atoms with Crippen molar-refractivity contribution in [1.82, 2.24) is 4.90 Å². The Hall–Kier alpha value is -5.20. The lowest BCUT2D eigenvalue weighted by Crippen LogP contribution is -2.44. The number of aliphatic hydroxyl groups is 2. The van der Waals surface area contributed by atoms with Crippen LogP contribution >= 0.6 is 0 Å². The van der Waals surface area contributed by atoms with Gasteiger partial charge in [0.15, 0.2) is 5.60 Å². The molecule has 3 aromatic rings. The highest BCUT2D eigenvalue weighted by Gasteiger charge is 2.53. The molecule has 250 valence electrons. The van der Waals surface area contributed by atoms with E-state index in [1.54, 1.807) is 54.3 Å². The summed E-state index contributed by atoms with van der Waals surface area (Å²) in [4.78, 5) is 58.0. The fourth-order valence-electron chi connectivity index (χ4n) is 6.38. The van der Waals surface area contributed by atoms with Crippen LogP contribution in [-0.4, -0.2) is 78.6 Å². The number of fused-ring (bicyclic) bond motifs is 1. The number of aliphatic hydroxyl groups excluding tert-OH is 1. The third kappa shape index (κ3) is 6.36. The van der Waals surface area contributed by atoms with Gasteiger partial charge >= 0.3 is 12.2 Å². The first-order valence-corrected chi connectivity index (χ1v) is 16.0. The first-order valence-electron chi connectivity index (χ1n) is 16.0. The Morgan fingerprint density at radius 3 is 2.23 bits per heavy atom. The molecule has 0 aliphatic carbocycles. The van der Waals surface area contributed by atoms with Crippen molar-refractivity contribution in [3.63, 3.8) is 0 Å². The summed E-state index contributed by atoms with van der Waals surface area (Å²) in [6.45, 7) is 3.44. The molecule has 48 heavy (non-hydrogen) atoms. The molecule has 2 N–H and O–H groups in total. The van der Waals surface area contributed by atoms with E-state index in [0.717, 1.165) is 11.1 Å². The maximum atomic E-state index is 14.3. The molecule has 0 unspecified atom stereocenters. The highest BCUT2D eigenvalue weighted by molar-refractivity contribution is 6.08. The van der Waals surface area contributed by atoms with Crippen molar-refractivity contribution in [3.8, 4) is 0 Å². The Labute approximate surface area is 278 Å². The van der Waals surface area contributed by atoms with Crippen molar-refractivity contribution in [2.75, 3.05) is 54.2 Å². The highest BCUT2D eigenvalue weighted by Crippen LogP contribution is 2.47. The van der Waals surface area contributed by atoms with E-state index < -0.39 is 29.6 Å². The largest absolute Gasteiger partial charge is 0.447 e. The lowest BCUT2D eigenvalue weighted by molar-refractivity contribution is -0.139. The van der Waals surface area contributed by atoms with Crippen molar-refractivity contribution >= 4 is 41.1 Å². The minimum Gasteiger partial charge on any atom is -0.447 e. The lowest BCUT2D eigenvalue weighted by atomic mass is 9.82. The number of anilines is 3. The molecular formula is C36H38N4O8. The topological polar surface area (TPSA) is 140 Å². The molecule has 2 fully saturated rings. The number of rotatable bonds is 12. The molecule has 3 aliphatic rings. The number of benzene rings is 3. The van der Waals surface area contributed by atoms with Gasteiger partial charge in [0.2, 0.25) is 5.91 Å². The second-order valence-electron chi connectivity index (χ2n) is 12.0. The second kappa shape index (κ2) is 13.9. The second-order valence-corrected chi connectivity index (χ2v) is 12.0. The van der Waals surface area contributed by atoms with Crippen molar-refractivity contribution < 1.29 is 38.9 Å². The Morgan fingerprint density at radius 1 is 0.917 bits per heavy atom. The minimum atomic E-state index is -2.01. The van der Waals surface area contributed by atoms with E-state index in [2.05, 4.69) is 0 Å². The van der Waals surface area contributed by atoms with Gasteiger partial charge in [-0.05, 0) is 41.5 Å². The van der Waals surface area contributed by atoms with Crippen molar-refractivity contribution in [1.29, 1.82) is 0 Å². The monoisotopic (exact) mass is 654 g/mol. The van der Waals surface area contributed by atoms with Crippen molar-refractivity contribution in [2.45, 2.75) is 32.0 Å². The van der Waals surface area contributed by atoms with Gasteiger partial charge in [0.05, 0.1) is 31.9 Å². The van der Waals surface area contributed by atoms with Crippen LogP contribution in [0.15, 0.2) is 84.9 Å². The van der Waals surface area contributed by atoms with E-state index in [4.69, 9.17) is 9.47 Å². The van der Waals surface area contributed by atoms with E-state index in [9.17, 15) is 29.4 Å². The minimum absolute atomic E-state index is 0.00337. The summed E-state index contributed by atoms with van der Waals surface area (Å²) >= 11 is 0. The standard InChI is InChI=1S/C36H38N4O8/c1-25(7-5-12-32(42)37(15-18-41)23-26-8-3-2-4-9-26)36(46)30-22-29(39-17-20-48-35(39)45)13-14-31(30)40(33(36)43)24-27-10-6-11-28(21-27)38-16-19-47-34(38)44/h2-11,13-14,21-22,25,41,46H,12,15-20,23-24H2,1H3/b7-5+/t25-,36+/m1/s1. The molecule has 2 atom stereocenters. The summed E-state index contributed by atoms with van der Waals surface area (Å²) in [5, 5.41) is 21.9. The fourth-order valence-corrected chi connectivity index (χ4v) is 6.38. The van der Waals surface area contributed by atoms with Crippen LogP contribution in [0.5, 0.6) is 0 Å². The van der Waals surface area contributed by atoms with Crippen LogP contribution in [0.25, 0.3) is 0 Å². The molecule has 2 saturated heterocycles. The average molecular weight is 655 g/mol. The van der Waals surface area contributed by atoms with Gasteiger partial charge in [-0.2, -0.15) is 0 Å². The Morgan fingerprint density at radius 2 is 1.58 bits per heavy atom. The molecule has 0 saturated carbocycles. The zero-order valence-corrected chi connectivity index (χ0v) is 26.7. The maximum absolute atomic E-state index is 14.3. The van der Waals surface area contributed by atoms with Crippen LogP contribution in [0.3, 0.4) is 0 Å². The summed E-state index contributed by atoms with van der Waals surface area (Å²) in [6, 6.07) is 21.8. The molecule has 3 aliphatic heterocycles. The van der Waals surface area contributed by atoms with E-state index in [1.165, 1.54) is 14.7 Å². The molecule has 6 rings (SSSR count). The van der Waals surface area contributed by atoms with Crippen LogP contribution in [0, 0.1) is 5.92 Å². The van der Waals surface area contributed by atoms with Gasteiger partial charge in [-0.25, -0.2) is 9.59 Å². The number of carbonyl (C=O) groups excluding carboxylic acids is 4. The summed E-state index contributed by atoms with van der Waals surface area (Å²) in [5.41, 5.74) is 1.60. The number of amides is 4. The van der Waals surface area contributed by atoms with E-state index in [0.29, 0.717) is 48.9 Å². The zero-order chi connectivity index (χ0) is 33.8. The van der Waals surface area contributed by atoms with Gasteiger partial charge < -0.3 is 29.5 Å². The first kappa shape index (κ1) is 32.7. The predicted molar refractivity (Wildman–Crippen MR) is 177 cm³/mol. The quantitative estimate of drug-likeness (QED) is 0.280. The van der Waals surface area contributed by atoms with Crippen molar-refractivity contribution in [2.24, 2.45) is 5.92 Å². The molecule has 12 nitrogen and oxygen atoms in total. The van der Waals surface area contributed by atoms with Gasteiger partial charge in [-0.3, -0.25) is 19.4 Å². The maximum Gasteiger partial charge on any atom is 0.414 e. The Bertz CT molecular complexity index is 1730. The number of hydrogen-bond acceptors (Lipinski definition) is 8. The highest BCUT2D eigenvalue weighted by atomic mass is 16.6. The van der Waals surface area contributed by atoms with Gasteiger partial charge in [-0.1, -0.05) is 61.5 Å². The average Bonchev–Trinajstić information content (AvgIpc) is 3.78. The first-order chi connectivity index (χ1) is 23.2. The number of cyclic esters (lactones) is 2. The van der Waals surface area contributed by atoms with E-state index >= 15 is 0 Å². The van der Waals surface area contributed by atoms with Gasteiger partial charge in [0.1, 0.15) is 13.2 Å². The van der Waals surface area contributed by atoms with Gasteiger partial charge in [0, 0.05) is 42.4 Å². The molecule has 3 heterocycles. The molecule has 0 radical (unpaired) electrons. The molecule has 0 aromatic heterocycles. The summed E-state index contributed by atoms with van der Waals surface area (Å²) < 4.78 is 10.2. The normalized spacial score (nSPS) is 19.6. The van der Waals surface area contributed by atoms with E-state index in [-0.39, 0.29) is 38.6 Å². The zero-order valence-electron chi connectivity index (χ0n) is 26.7. The lowest BCUT2D eigenvalue weighted by Gasteiger charge is -2.28. The van der Waals surface area contributed by atoms with Crippen LogP contribution < -0.4 is 14.7 Å². The molecular weight excluding hydrogens is 616 g/mol. The smallest absolute Gasteiger partial charge is 0.414 e. The molecule has 0 spiro atoms. The molecule has 3 aromatic carbocycles. The summed E-state index contributed by atoms with van der Waals surface area (Å²) in [5.74, 6) is -1.53. The number of hydrogen-bond donors (Lipinski definition) is 2. The number of ether oxygens (including phenoxy) is 2. The number of carbonyl (C=O) groups is 4. The molecule has 12 heteroatoms. The predicted octanol–water partition coefficient (Wildman–Crippen LogP) is 3.94. The van der Waals surface area contributed by atoms with E-state index in [1.807, 2.05) is 42.5 Å². The fraction of sp³-hybridized carbons (Fsp3) is 0.333.